The number of nitrogens with zero attached hydrogens (tertiary/aromatic N) is 2. The molecule has 3 aromatic carbocycles. The van der Waals surface area contributed by atoms with E-state index in [2.05, 4.69) is 53.1 Å². The van der Waals surface area contributed by atoms with E-state index in [4.69, 9.17) is 4.74 Å². The van der Waals surface area contributed by atoms with Gasteiger partial charge in [0.15, 0.2) is 0 Å². The van der Waals surface area contributed by atoms with E-state index in [1.165, 1.54) is 15.9 Å². The summed E-state index contributed by atoms with van der Waals surface area (Å²) in [6.07, 6.45) is -1.13. The Balaban J connectivity index is 1.59. The summed E-state index contributed by atoms with van der Waals surface area (Å²) >= 11 is 0. The lowest BCUT2D eigenvalue weighted by Crippen LogP contribution is -2.49. The van der Waals surface area contributed by atoms with Crippen molar-refractivity contribution in [3.8, 4) is 28.7 Å². The molecule has 0 fully saturated rings. The standard InChI is InChI=1S/C32H38N2O5S/c1-23-19-34(24(2)22-35)40(37,38)32-17-14-26(11-10-25(3)36)18-30(32)39-31(23)21-33(4)20-27-12-15-29(16-13-27)28-8-6-5-7-9-28/h5-9,12-18,23-25,31,35-36H,19-22H2,1-4H3/t23-,24+,25+,31+/m0/s1. The lowest BCUT2D eigenvalue weighted by Gasteiger charge is -2.37. The van der Waals surface area contributed by atoms with Crippen molar-refractivity contribution in [3.05, 3.63) is 83.9 Å². The first-order valence-corrected chi connectivity index (χ1v) is 15.0. The van der Waals surface area contributed by atoms with Crippen LogP contribution >= 0.6 is 0 Å². The van der Waals surface area contributed by atoms with Crippen LogP contribution in [0.4, 0.5) is 0 Å². The van der Waals surface area contributed by atoms with E-state index in [9.17, 15) is 18.6 Å². The molecule has 0 radical (unpaired) electrons. The maximum absolute atomic E-state index is 13.6. The molecule has 2 N–H and O–H groups in total. The summed E-state index contributed by atoms with van der Waals surface area (Å²) in [7, 11) is -1.90. The number of rotatable bonds is 7. The van der Waals surface area contributed by atoms with E-state index in [-0.39, 0.29) is 35.8 Å². The van der Waals surface area contributed by atoms with Crippen LogP contribution in [0.2, 0.25) is 0 Å². The van der Waals surface area contributed by atoms with Crippen LogP contribution in [-0.2, 0) is 16.6 Å². The molecule has 1 aliphatic rings. The van der Waals surface area contributed by atoms with Crippen LogP contribution in [0.3, 0.4) is 0 Å². The third-order valence-electron chi connectivity index (χ3n) is 7.10. The molecule has 8 heteroatoms. The molecule has 4 rings (SSSR count). The Morgan fingerprint density at radius 2 is 1.73 bits per heavy atom. The number of hydrogen-bond donors (Lipinski definition) is 2. The second kappa shape index (κ2) is 13.0. The number of aliphatic hydroxyl groups is 2. The minimum absolute atomic E-state index is 0.0476. The number of ether oxygens (including phenoxy) is 1. The molecule has 1 aliphatic heterocycles. The molecular weight excluding hydrogens is 524 g/mol. The van der Waals surface area contributed by atoms with Gasteiger partial charge in [-0.3, -0.25) is 4.90 Å². The average Bonchev–Trinajstić information content (AvgIpc) is 2.94. The molecule has 1 heterocycles. The van der Waals surface area contributed by atoms with Gasteiger partial charge < -0.3 is 14.9 Å². The van der Waals surface area contributed by atoms with Gasteiger partial charge >= 0.3 is 0 Å². The smallest absolute Gasteiger partial charge is 0.247 e. The van der Waals surface area contributed by atoms with Crippen molar-refractivity contribution in [2.24, 2.45) is 5.92 Å². The van der Waals surface area contributed by atoms with Crippen molar-refractivity contribution in [2.75, 3.05) is 26.7 Å². The van der Waals surface area contributed by atoms with Gasteiger partial charge in [-0.25, -0.2) is 8.42 Å². The molecule has 0 unspecified atom stereocenters. The van der Waals surface area contributed by atoms with Crippen LogP contribution in [0.25, 0.3) is 11.1 Å². The van der Waals surface area contributed by atoms with E-state index in [1.54, 1.807) is 26.0 Å². The molecule has 0 bridgehead atoms. The highest BCUT2D eigenvalue weighted by atomic mass is 32.2. The Morgan fingerprint density at radius 1 is 1.05 bits per heavy atom. The first-order chi connectivity index (χ1) is 19.1. The van der Waals surface area contributed by atoms with Crippen molar-refractivity contribution in [1.29, 1.82) is 0 Å². The van der Waals surface area contributed by atoms with E-state index in [0.29, 0.717) is 18.7 Å². The molecule has 0 aliphatic carbocycles. The molecule has 40 heavy (non-hydrogen) atoms. The molecular formula is C32H38N2O5S. The minimum Gasteiger partial charge on any atom is -0.487 e. The summed E-state index contributed by atoms with van der Waals surface area (Å²) < 4.78 is 35.1. The zero-order valence-electron chi connectivity index (χ0n) is 23.5. The SMILES string of the molecule is C[C@H](CO)N1C[C@H](C)[C@@H](CN(C)Cc2ccc(-c3ccccc3)cc2)Oc2cc(C#C[C@@H](C)O)ccc2S1(=O)=O. The van der Waals surface area contributed by atoms with E-state index < -0.39 is 22.2 Å². The third-order valence-corrected chi connectivity index (χ3v) is 9.12. The lowest BCUT2D eigenvalue weighted by atomic mass is 10.0. The molecule has 0 amide bonds. The maximum atomic E-state index is 13.6. The minimum atomic E-state index is -3.93. The normalized spacial score (nSPS) is 20.3. The fourth-order valence-corrected chi connectivity index (χ4v) is 6.65. The summed E-state index contributed by atoms with van der Waals surface area (Å²) in [5.74, 6) is 5.64. The summed E-state index contributed by atoms with van der Waals surface area (Å²) in [6, 6.07) is 22.9. The fourth-order valence-electron chi connectivity index (χ4n) is 4.83. The largest absolute Gasteiger partial charge is 0.487 e. The quantitative estimate of drug-likeness (QED) is 0.424. The van der Waals surface area contributed by atoms with Crippen LogP contribution < -0.4 is 4.74 Å². The van der Waals surface area contributed by atoms with Gasteiger partial charge in [-0.05, 0) is 55.8 Å². The van der Waals surface area contributed by atoms with E-state index in [0.717, 1.165) is 11.1 Å². The first-order valence-electron chi connectivity index (χ1n) is 13.5. The van der Waals surface area contributed by atoms with Gasteiger partial charge in [-0.1, -0.05) is 73.4 Å². The molecule has 4 atom stereocenters. The number of likely N-dealkylation sites (N-methyl/N-ethyl adjacent to an activating group) is 1. The van der Waals surface area contributed by atoms with Crippen LogP contribution in [0.1, 0.15) is 31.9 Å². The van der Waals surface area contributed by atoms with Crippen molar-refractivity contribution >= 4 is 10.0 Å². The third kappa shape index (κ3) is 7.11. The number of fused-ring (bicyclic) bond motifs is 1. The van der Waals surface area contributed by atoms with Crippen molar-refractivity contribution < 1.29 is 23.4 Å². The van der Waals surface area contributed by atoms with Gasteiger partial charge in [0.05, 0.1) is 6.61 Å². The van der Waals surface area contributed by atoms with Crippen molar-refractivity contribution in [3.63, 3.8) is 0 Å². The highest BCUT2D eigenvalue weighted by molar-refractivity contribution is 7.89. The maximum Gasteiger partial charge on any atom is 0.247 e. The summed E-state index contributed by atoms with van der Waals surface area (Å²) in [5.41, 5.74) is 4.05. The van der Waals surface area contributed by atoms with E-state index in [1.807, 2.05) is 32.2 Å². The van der Waals surface area contributed by atoms with Crippen LogP contribution in [0.5, 0.6) is 5.75 Å². The van der Waals surface area contributed by atoms with E-state index >= 15 is 0 Å². The van der Waals surface area contributed by atoms with Crippen LogP contribution in [0.15, 0.2) is 77.7 Å². The monoisotopic (exact) mass is 562 g/mol. The van der Waals surface area contributed by atoms with Crippen molar-refractivity contribution in [2.45, 2.75) is 50.5 Å². The highest BCUT2D eigenvalue weighted by Gasteiger charge is 2.38. The molecule has 0 saturated heterocycles. The van der Waals surface area contributed by atoms with Crippen molar-refractivity contribution in [1.82, 2.24) is 9.21 Å². The second-order valence-corrected chi connectivity index (χ2v) is 12.5. The zero-order valence-corrected chi connectivity index (χ0v) is 24.3. The number of sulfonamides is 1. The second-order valence-electron chi connectivity index (χ2n) is 10.6. The summed E-state index contributed by atoms with van der Waals surface area (Å²) in [6.45, 7) is 6.44. The molecule has 7 nitrogen and oxygen atoms in total. The molecule has 0 aromatic heterocycles. The Kier molecular flexibility index (Phi) is 9.67. The highest BCUT2D eigenvalue weighted by Crippen LogP contribution is 2.34. The Labute approximate surface area is 238 Å². The number of aliphatic hydroxyl groups excluding tert-OH is 2. The predicted molar refractivity (Wildman–Crippen MR) is 157 cm³/mol. The van der Waals surface area contributed by atoms with Crippen LogP contribution in [-0.4, -0.2) is 72.8 Å². The van der Waals surface area contributed by atoms with Gasteiger partial charge in [0.2, 0.25) is 10.0 Å². The average molecular weight is 563 g/mol. The fraction of sp³-hybridized carbons (Fsp3) is 0.375. The molecule has 212 valence electrons. The summed E-state index contributed by atoms with van der Waals surface area (Å²) in [4.78, 5) is 2.22. The van der Waals surface area contributed by atoms with Gasteiger partial charge in [0.25, 0.3) is 0 Å². The topological polar surface area (TPSA) is 90.3 Å². The molecule has 3 aromatic rings. The predicted octanol–water partition coefficient (Wildman–Crippen LogP) is 3.99. The van der Waals surface area contributed by atoms with Gasteiger partial charge in [0, 0.05) is 37.2 Å². The Bertz CT molecular complexity index is 1450. The van der Waals surface area contributed by atoms with Gasteiger partial charge in [-0.15, -0.1) is 0 Å². The zero-order chi connectivity index (χ0) is 28.9. The lowest BCUT2D eigenvalue weighted by molar-refractivity contribution is 0.0733. The first kappa shape index (κ1) is 29.8. The van der Waals surface area contributed by atoms with Gasteiger partial charge in [0.1, 0.15) is 22.9 Å². The molecule has 0 spiro atoms. The van der Waals surface area contributed by atoms with Crippen LogP contribution in [0, 0.1) is 17.8 Å². The Hall–Kier alpha value is -3.19. The number of hydrogen-bond acceptors (Lipinski definition) is 6. The Morgan fingerprint density at radius 3 is 2.38 bits per heavy atom. The van der Waals surface area contributed by atoms with Gasteiger partial charge in [-0.2, -0.15) is 4.31 Å². The molecule has 0 saturated carbocycles. The summed E-state index contributed by atoms with van der Waals surface area (Å²) in [5, 5.41) is 19.4. The number of benzene rings is 3.